The first-order valence-electron chi connectivity index (χ1n) is 5.34. The van der Waals surface area contributed by atoms with E-state index in [1.54, 1.807) is 0 Å². The van der Waals surface area contributed by atoms with E-state index < -0.39 is 11.6 Å². The number of amides is 2. The van der Waals surface area contributed by atoms with Gasteiger partial charge in [-0.05, 0) is 12.8 Å². The molecule has 2 unspecified atom stereocenters. The number of carbonyl (C=O) groups excluding carboxylic acids is 2. The summed E-state index contributed by atoms with van der Waals surface area (Å²) in [6.45, 7) is 6.31. The van der Waals surface area contributed by atoms with E-state index >= 15 is 0 Å². The van der Waals surface area contributed by atoms with Gasteiger partial charge in [0.2, 0.25) is 5.91 Å². The molecular formula is C10H19N3O2S. The SMILES string of the molecule is CC(C)C(C)(CN)NC(=O)C1CSC(=O)N1. The summed E-state index contributed by atoms with van der Waals surface area (Å²) >= 11 is 1.13. The monoisotopic (exact) mass is 245 g/mol. The molecule has 2 atom stereocenters. The first kappa shape index (κ1) is 13.3. The third-order valence-electron chi connectivity index (χ3n) is 3.10. The second-order valence-electron chi connectivity index (χ2n) is 4.56. The average Bonchev–Trinajstić information content (AvgIpc) is 2.64. The summed E-state index contributed by atoms with van der Waals surface area (Å²) in [5.41, 5.74) is 5.25. The van der Waals surface area contributed by atoms with Crippen LogP contribution in [0.25, 0.3) is 0 Å². The third-order valence-corrected chi connectivity index (χ3v) is 3.98. The summed E-state index contributed by atoms with van der Waals surface area (Å²) in [4.78, 5) is 22.8. The van der Waals surface area contributed by atoms with Crippen LogP contribution in [0.4, 0.5) is 4.79 Å². The number of nitrogens with two attached hydrogens (primary N) is 1. The zero-order valence-corrected chi connectivity index (χ0v) is 10.7. The quantitative estimate of drug-likeness (QED) is 0.665. The largest absolute Gasteiger partial charge is 0.348 e. The lowest BCUT2D eigenvalue weighted by Crippen LogP contribution is -2.58. The normalized spacial score (nSPS) is 24.1. The van der Waals surface area contributed by atoms with Crippen molar-refractivity contribution in [1.82, 2.24) is 10.6 Å². The summed E-state index contributed by atoms with van der Waals surface area (Å²) in [6.07, 6.45) is 0. The first-order valence-corrected chi connectivity index (χ1v) is 6.33. The molecule has 1 aliphatic heterocycles. The number of hydrogen-bond donors (Lipinski definition) is 3. The van der Waals surface area contributed by atoms with Crippen LogP contribution < -0.4 is 16.4 Å². The molecule has 1 fully saturated rings. The van der Waals surface area contributed by atoms with Gasteiger partial charge >= 0.3 is 0 Å². The van der Waals surface area contributed by atoms with E-state index in [0.717, 1.165) is 11.8 Å². The maximum Gasteiger partial charge on any atom is 0.279 e. The van der Waals surface area contributed by atoms with Crippen LogP contribution in [0, 0.1) is 5.92 Å². The maximum atomic E-state index is 11.9. The standard InChI is InChI=1S/C10H19N3O2S/c1-6(2)10(3,5-11)13-8(14)7-4-16-9(15)12-7/h6-7H,4-5,11H2,1-3H3,(H,12,15)(H,13,14). The van der Waals surface area contributed by atoms with Crippen LogP contribution in [-0.2, 0) is 4.79 Å². The second-order valence-corrected chi connectivity index (χ2v) is 5.55. The van der Waals surface area contributed by atoms with Crippen LogP contribution in [0.1, 0.15) is 20.8 Å². The highest BCUT2D eigenvalue weighted by atomic mass is 32.2. The minimum Gasteiger partial charge on any atom is -0.348 e. The Morgan fingerprint density at radius 3 is 2.75 bits per heavy atom. The van der Waals surface area contributed by atoms with Gasteiger partial charge in [0, 0.05) is 12.3 Å². The second kappa shape index (κ2) is 5.05. The molecule has 0 spiro atoms. The van der Waals surface area contributed by atoms with Crippen LogP contribution in [0.15, 0.2) is 0 Å². The van der Waals surface area contributed by atoms with Gasteiger partial charge in [0.25, 0.3) is 5.24 Å². The smallest absolute Gasteiger partial charge is 0.279 e. The van der Waals surface area contributed by atoms with E-state index in [4.69, 9.17) is 5.73 Å². The molecule has 0 radical (unpaired) electrons. The molecule has 6 heteroatoms. The molecule has 0 aromatic heterocycles. The zero-order valence-electron chi connectivity index (χ0n) is 9.87. The molecule has 1 saturated heterocycles. The van der Waals surface area contributed by atoms with Crippen LogP contribution in [-0.4, -0.2) is 35.0 Å². The maximum absolute atomic E-state index is 11.9. The van der Waals surface area contributed by atoms with E-state index in [2.05, 4.69) is 10.6 Å². The summed E-state index contributed by atoms with van der Waals surface area (Å²) < 4.78 is 0. The Hall–Kier alpha value is -0.750. The molecule has 1 heterocycles. The number of hydrogen-bond acceptors (Lipinski definition) is 4. The van der Waals surface area contributed by atoms with Crippen molar-refractivity contribution >= 4 is 22.9 Å². The van der Waals surface area contributed by atoms with Gasteiger partial charge in [0.05, 0.1) is 5.54 Å². The Bertz CT molecular complexity index is 296. The van der Waals surface area contributed by atoms with Gasteiger partial charge in [-0.15, -0.1) is 0 Å². The van der Waals surface area contributed by atoms with Crippen molar-refractivity contribution in [3.05, 3.63) is 0 Å². The van der Waals surface area contributed by atoms with E-state index in [1.165, 1.54) is 0 Å². The highest BCUT2D eigenvalue weighted by molar-refractivity contribution is 8.14. The Morgan fingerprint density at radius 2 is 2.38 bits per heavy atom. The van der Waals surface area contributed by atoms with Crippen molar-refractivity contribution in [3.63, 3.8) is 0 Å². The molecule has 92 valence electrons. The number of nitrogens with one attached hydrogen (secondary N) is 2. The predicted molar refractivity (Wildman–Crippen MR) is 65.2 cm³/mol. The molecule has 1 rings (SSSR count). The van der Waals surface area contributed by atoms with Crippen molar-refractivity contribution in [2.75, 3.05) is 12.3 Å². The molecule has 4 N–H and O–H groups in total. The van der Waals surface area contributed by atoms with Gasteiger partial charge in [-0.25, -0.2) is 0 Å². The summed E-state index contributed by atoms with van der Waals surface area (Å²) in [6, 6.07) is -0.429. The molecule has 2 amide bonds. The zero-order chi connectivity index (χ0) is 12.3. The molecule has 16 heavy (non-hydrogen) atoms. The topological polar surface area (TPSA) is 84.2 Å². The lowest BCUT2D eigenvalue weighted by molar-refractivity contribution is -0.124. The Balaban J connectivity index is 2.59. The van der Waals surface area contributed by atoms with Crippen molar-refractivity contribution in [2.45, 2.75) is 32.4 Å². The van der Waals surface area contributed by atoms with Gasteiger partial charge in [0.15, 0.2) is 0 Å². The summed E-state index contributed by atoms with van der Waals surface area (Å²) in [5.74, 6) is 0.579. The van der Waals surface area contributed by atoms with Gasteiger partial charge in [-0.2, -0.15) is 0 Å². The number of rotatable bonds is 4. The van der Waals surface area contributed by atoms with Gasteiger partial charge in [-0.3, -0.25) is 9.59 Å². The Labute approximate surface area is 99.9 Å². The van der Waals surface area contributed by atoms with Crippen LogP contribution in [0.3, 0.4) is 0 Å². The first-order chi connectivity index (χ1) is 7.39. The molecule has 0 aromatic carbocycles. The molecule has 0 aromatic rings. The molecule has 0 aliphatic carbocycles. The lowest BCUT2D eigenvalue weighted by Gasteiger charge is -2.34. The third kappa shape index (κ3) is 2.89. The van der Waals surface area contributed by atoms with Crippen molar-refractivity contribution in [1.29, 1.82) is 0 Å². The van der Waals surface area contributed by atoms with Crippen LogP contribution >= 0.6 is 11.8 Å². The Kier molecular flexibility index (Phi) is 4.21. The minimum absolute atomic E-state index is 0.140. The number of thioether (sulfide) groups is 1. The summed E-state index contributed by atoms with van der Waals surface area (Å²) in [5, 5.41) is 5.38. The molecule has 0 bridgehead atoms. The fraction of sp³-hybridized carbons (Fsp3) is 0.800. The fourth-order valence-electron chi connectivity index (χ4n) is 1.33. The van der Waals surface area contributed by atoms with Crippen LogP contribution in [0.2, 0.25) is 0 Å². The van der Waals surface area contributed by atoms with Gasteiger partial charge in [0.1, 0.15) is 6.04 Å². The van der Waals surface area contributed by atoms with E-state index in [1.807, 2.05) is 20.8 Å². The average molecular weight is 245 g/mol. The van der Waals surface area contributed by atoms with Crippen molar-refractivity contribution < 1.29 is 9.59 Å². The molecular weight excluding hydrogens is 226 g/mol. The van der Waals surface area contributed by atoms with E-state index in [0.29, 0.717) is 12.3 Å². The lowest BCUT2D eigenvalue weighted by atomic mass is 9.88. The van der Waals surface area contributed by atoms with E-state index in [-0.39, 0.29) is 17.1 Å². The van der Waals surface area contributed by atoms with Crippen LogP contribution in [0.5, 0.6) is 0 Å². The highest BCUT2D eigenvalue weighted by Gasteiger charge is 2.34. The number of carbonyl (C=O) groups is 2. The molecule has 5 nitrogen and oxygen atoms in total. The van der Waals surface area contributed by atoms with Gasteiger partial charge < -0.3 is 16.4 Å². The molecule has 1 aliphatic rings. The van der Waals surface area contributed by atoms with Crippen molar-refractivity contribution in [3.8, 4) is 0 Å². The minimum atomic E-state index is -0.429. The molecule has 0 saturated carbocycles. The highest BCUT2D eigenvalue weighted by Crippen LogP contribution is 2.17. The predicted octanol–water partition coefficient (Wildman–Crippen LogP) is 0.301. The van der Waals surface area contributed by atoms with E-state index in [9.17, 15) is 9.59 Å². The van der Waals surface area contributed by atoms with Crippen molar-refractivity contribution in [2.24, 2.45) is 11.7 Å². The summed E-state index contributed by atoms with van der Waals surface area (Å²) in [7, 11) is 0. The Morgan fingerprint density at radius 1 is 1.75 bits per heavy atom. The fourth-order valence-corrected chi connectivity index (χ4v) is 2.10. The van der Waals surface area contributed by atoms with Gasteiger partial charge in [-0.1, -0.05) is 25.6 Å².